The second-order valence-corrected chi connectivity index (χ2v) is 5.61. The van der Waals surface area contributed by atoms with E-state index in [2.05, 4.69) is 56.8 Å². The maximum Gasteiger partial charge on any atom is 0.00706 e. The Labute approximate surface area is 97.7 Å². The van der Waals surface area contributed by atoms with Gasteiger partial charge in [0.1, 0.15) is 0 Å². The fourth-order valence-corrected chi connectivity index (χ4v) is 3.05. The van der Waals surface area contributed by atoms with Crippen LogP contribution in [0, 0.1) is 17.3 Å². The molecular weight excluding hydrogens is 192 g/mol. The minimum atomic E-state index is 0.212. The molecule has 0 N–H and O–H groups in total. The topological polar surface area (TPSA) is 0 Å². The average Bonchev–Trinajstić information content (AvgIpc) is 3.01. The van der Waals surface area contributed by atoms with E-state index in [9.17, 15) is 0 Å². The lowest BCUT2D eigenvalue weighted by atomic mass is 9.79. The van der Waals surface area contributed by atoms with Crippen LogP contribution in [0.4, 0.5) is 0 Å². The molecule has 0 bridgehead atoms. The summed E-state index contributed by atoms with van der Waals surface area (Å²) < 4.78 is 0. The Morgan fingerprint density at radius 2 is 1.88 bits per heavy atom. The zero-order valence-electron chi connectivity index (χ0n) is 10.0. The van der Waals surface area contributed by atoms with E-state index >= 15 is 0 Å². The number of benzene rings is 1. The van der Waals surface area contributed by atoms with Gasteiger partial charge >= 0.3 is 0 Å². The van der Waals surface area contributed by atoms with Crippen LogP contribution in [0.1, 0.15) is 25.8 Å². The van der Waals surface area contributed by atoms with Crippen LogP contribution >= 0.6 is 0 Å². The highest BCUT2D eigenvalue weighted by Crippen LogP contribution is 2.65. The first-order valence-electron chi connectivity index (χ1n) is 6.07. The van der Waals surface area contributed by atoms with E-state index < -0.39 is 0 Å². The molecule has 2 saturated carbocycles. The molecule has 0 aliphatic heterocycles. The van der Waals surface area contributed by atoms with Gasteiger partial charge in [-0.25, -0.2) is 0 Å². The summed E-state index contributed by atoms with van der Waals surface area (Å²) in [6.07, 6.45) is 3.71. The van der Waals surface area contributed by atoms with Crippen molar-refractivity contribution in [1.29, 1.82) is 0 Å². The molecule has 82 valence electrons. The van der Waals surface area contributed by atoms with Crippen LogP contribution in [0.25, 0.3) is 6.08 Å². The van der Waals surface area contributed by atoms with Crippen LogP contribution in [-0.4, -0.2) is 0 Å². The fraction of sp³-hybridized carbons (Fsp3) is 0.375. The second-order valence-electron chi connectivity index (χ2n) is 5.61. The number of hydrogen-bond acceptors (Lipinski definition) is 0. The Morgan fingerprint density at radius 3 is 2.44 bits per heavy atom. The predicted octanol–water partition coefficient (Wildman–Crippen LogP) is 4.30. The van der Waals surface area contributed by atoms with Crippen molar-refractivity contribution in [3.8, 4) is 0 Å². The lowest BCUT2D eigenvalue weighted by Crippen LogP contribution is -2.13. The molecule has 0 heterocycles. The number of fused-ring (bicyclic) bond motifs is 1. The molecule has 0 nitrogen and oxygen atoms in total. The molecule has 1 aromatic carbocycles. The monoisotopic (exact) mass is 210 g/mol. The molecule has 0 aromatic heterocycles. The average molecular weight is 210 g/mol. The van der Waals surface area contributed by atoms with E-state index in [0.717, 1.165) is 11.8 Å². The third-order valence-corrected chi connectivity index (χ3v) is 4.28. The molecule has 16 heavy (non-hydrogen) atoms. The van der Waals surface area contributed by atoms with Crippen molar-refractivity contribution in [2.24, 2.45) is 17.3 Å². The lowest BCUT2D eigenvalue weighted by Gasteiger charge is -2.25. The maximum absolute atomic E-state index is 4.28. The molecule has 3 rings (SSSR count). The van der Waals surface area contributed by atoms with Gasteiger partial charge in [0, 0.05) is 5.41 Å². The summed E-state index contributed by atoms with van der Waals surface area (Å²) in [5.41, 5.74) is 4.57. The van der Waals surface area contributed by atoms with Crippen LogP contribution in [0.5, 0.6) is 0 Å². The molecule has 2 aliphatic carbocycles. The molecule has 1 aromatic rings. The van der Waals surface area contributed by atoms with Crippen molar-refractivity contribution in [3.63, 3.8) is 0 Å². The fourth-order valence-electron chi connectivity index (χ4n) is 3.05. The van der Waals surface area contributed by atoms with Crippen molar-refractivity contribution in [2.75, 3.05) is 0 Å². The molecule has 2 unspecified atom stereocenters. The van der Waals surface area contributed by atoms with Gasteiger partial charge in [0.15, 0.2) is 0 Å². The van der Waals surface area contributed by atoms with Gasteiger partial charge in [-0.3, -0.25) is 0 Å². The molecule has 0 amide bonds. The number of rotatable bonds is 1. The van der Waals surface area contributed by atoms with Gasteiger partial charge in [0.05, 0.1) is 0 Å². The molecule has 0 radical (unpaired) electrons. The highest BCUT2D eigenvalue weighted by atomic mass is 14.6. The Bertz CT molecular complexity index is 462. The number of allylic oxidation sites excluding steroid dienone is 2. The predicted molar refractivity (Wildman–Crippen MR) is 68.9 cm³/mol. The zero-order chi connectivity index (χ0) is 11.3. The summed E-state index contributed by atoms with van der Waals surface area (Å²) in [6.45, 7) is 8.91. The van der Waals surface area contributed by atoms with Crippen LogP contribution in [-0.2, 0) is 0 Å². The van der Waals surface area contributed by atoms with Crippen LogP contribution in [0.2, 0.25) is 0 Å². The van der Waals surface area contributed by atoms with Crippen molar-refractivity contribution >= 4 is 6.08 Å². The smallest absolute Gasteiger partial charge is 0.00706 e. The molecule has 2 atom stereocenters. The summed E-state index contributed by atoms with van der Waals surface area (Å²) in [7, 11) is 0. The Hall–Kier alpha value is -1.30. The largest absolute Gasteiger partial charge is 0.0987 e. The highest BCUT2D eigenvalue weighted by molar-refractivity contribution is 5.61. The summed E-state index contributed by atoms with van der Waals surface area (Å²) >= 11 is 0. The molecule has 2 aliphatic rings. The third kappa shape index (κ3) is 1.29. The first-order chi connectivity index (χ1) is 7.60. The second kappa shape index (κ2) is 3.10. The Morgan fingerprint density at radius 1 is 1.19 bits per heavy atom. The van der Waals surface area contributed by atoms with Gasteiger partial charge in [-0.1, -0.05) is 68.0 Å². The third-order valence-electron chi connectivity index (χ3n) is 4.28. The summed E-state index contributed by atoms with van der Waals surface area (Å²) in [4.78, 5) is 0. The summed E-state index contributed by atoms with van der Waals surface area (Å²) in [6, 6.07) is 10.6. The quantitative estimate of drug-likeness (QED) is 0.606. The van der Waals surface area contributed by atoms with Crippen LogP contribution in [0.15, 0.2) is 48.1 Å². The van der Waals surface area contributed by atoms with Crippen molar-refractivity contribution in [2.45, 2.75) is 20.3 Å². The van der Waals surface area contributed by atoms with Gasteiger partial charge in [-0.05, 0) is 23.8 Å². The van der Waals surface area contributed by atoms with E-state index in [1.807, 2.05) is 0 Å². The van der Waals surface area contributed by atoms with E-state index in [4.69, 9.17) is 0 Å². The first kappa shape index (κ1) is 9.89. The Kier molecular flexibility index (Phi) is 1.92. The minimum absolute atomic E-state index is 0.212. The van der Waals surface area contributed by atoms with E-state index in [1.54, 1.807) is 5.57 Å². The lowest BCUT2D eigenvalue weighted by molar-refractivity contribution is 0.540. The molecule has 0 spiro atoms. The van der Waals surface area contributed by atoms with E-state index in [-0.39, 0.29) is 5.41 Å². The zero-order valence-corrected chi connectivity index (χ0v) is 10.0. The number of hydrogen-bond donors (Lipinski definition) is 0. The Balaban J connectivity index is 2.02. The van der Waals surface area contributed by atoms with Gasteiger partial charge in [-0.15, -0.1) is 0 Å². The first-order valence-corrected chi connectivity index (χ1v) is 6.07. The van der Waals surface area contributed by atoms with Crippen molar-refractivity contribution in [1.82, 2.24) is 0 Å². The summed E-state index contributed by atoms with van der Waals surface area (Å²) in [5, 5.41) is 0. The summed E-state index contributed by atoms with van der Waals surface area (Å²) in [5.74, 6) is 1.58. The van der Waals surface area contributed by atoms with E-state index in [0.29, 0.717) is 0 Å². The van der Waals surface area contributed by atoms with E-state index in [1.165, 1.54) is 17.6 Å². The van der Waals surface area contributed by atoms with Crippen LogP contribution in [0.3, 0.4) is 0 Å². The van der Waals surface area contributed by atoms with Gasteiger partial charge in [-0.2, -0.15) is 0 Å². The SMILES string of the molecule is C=C1C2CC2/C(=C/c2ccccc2)C1(C)C. The van der Waals surface area contributed by atoms with Crippen LogP contribution < -0.4 is 0 Å². The van der Waals surface area contributed by atoms with Crippen molar-refractivity contribution in [3.05, 3.63) is 53.6 Å². The molecule has 0 heteroatoms. The van der Waals surface area contributed by atoms with Gasteiger partial charge in [0.25, 0.3) is 0 Å². The minimum Gasteiger partial charge on any atom is -0.0987 e. The molecule has 2 fully saturated rings. The molecule has 0 saturated heterocycles. The van der Waals surface area contributed by atoms with Gasteiger partial charge in [0.2, 0.25) is 0 Å². The van der Waals surface area contributed by atoms with Crippen molar-refractivity contribution < 1.29 is 0 Å². The normalized spacial score (nSPS) is 32.9. The van der Waals surface area contributed by atoms with Gasteiger partial charge < -0.3 is 0 Å². The maximum atomic E-state index is 4.28. The standard InChI is InChI=1S/C16H18/c1-11-13-10-14(13)15(16(11,2)3)9-12-7-5-4-6-8-12/h4-9,13-14H,1,10H2,2-3H3/b15-9-. The molecular formula is C16H18. The highest BCUT2D eigenvalue weighted by Gasteiger charge is 2.55.